The molecule has 2 aromatic heterocycles. The smallest absolute Gasteiger partial charge is 0.336 e. The standard InChI is InChI=1S/C21H16ClNO4/c1-11-5-12(2)20-14(9-19(24)27-17(20)6-11)10-23-21(25)18-8-13-7-15(22)3-4-16(13)26-18/h3-9H,10H2,1-2H3,(H,23,25). The molecule has 0 fully saturated rings. The number of amides is 1. The number of carbonyl (C=O) groups excluding carboxylic acids is 1. The molecule has 0 atom stereocenters. The van der Waals surface area contributed by atoms with Gasteiger partial charge in [0.25, 0.3) is 5.91 Å². The first-order valence-electron chi connectivity index (χ1n) is 8.42. The Morgan fingerprint density at radius 3 is 2.67 bits per heavy atom. The van der Waals surface area contributed by atoms with Crippen LogP contribution >= 0.6 is 11.6 Å². The van der Waals surface area contributed by atoms with Crippen LogP contribution in [-0.2, 0) is 6.54 Å². The zero-order valence-corrected chi connectivity index (χ0v) is 15.5. The monoisotopic (exact) mass is 381 g/mol. The molecule has 1 amide bonds. The first kappa shape index (κ1) is 17.4. The fraction of sp³-hybridized carbons (Fsp3) is 0.143. The number of aryl methyl sites for hydroxylation is 2. The Morgan fingerprint density at radius 2 is 1.85 bits per heavy atom. The van der Waals surface area contributed by atoms with Crippen LogP contribution < -0.4 is 10.9 Å². The summed E-state index contributed by atoms with van der Waals surface area (Å²) < 4.78 is 10.9. The number of halogens is 1. The summed E-state index contributed by atoms with van der Waals surface area (Å²) in [6.07, 6.45) is 0. The van der Waals surface area contributed by atoms with Crippen molar-refractivity contribution in [3.8, 4) is 0 Å². The summed E-state index contributed by atoms with van der Waals surface area (Å²) in [5.74, 6) is -0.180. The predicted molar refractivity (Wildman–Crippen MR) is 104 cm³/mol. The summed E-state index contributed by atoms with van der Waals surface area (Å²) >= 11 is 5.96. The van der Waals surface area contributed by atoms with Crippen molar-refractivity contribution in [2.45, 2.75) is 20.4 Å². The highest BCUT2D eigenvalue weighted by atomic mass is 35.5. The molecule has 4 rings (SSSR count). The van der Waals surface area contributed by atoms with Crippen molar-refractivity contribution in [2.75, 3.05) is 0 Å². The van der Waals surface area contributed by atoms with Crippen LogP contribution in [0.15, 0.2) is 56.1 Å². The topological polar surface area (TPSA) is 72.5 Å². The molecule has 0 aliphatic carbocycles. The van der Waals surface area contributed by atoms with E-state index in [1.54, 1.807) is 24.3 Å². The van der Waals surface area contributed by atoms with Gasteiger partial charge in [0.05, 0.1) is 0 Å². The average Bonchev–Trinajstić information content (AvgIpc) is 3.01. The number of furan rings is 1. The van der Waals surface area contributed by atoms with Gasteiger partial charge in [0, 0.05) is 28.4 Å². The summed E-state index contributed by atoms with van der Waals surface area (Å²) in [4.78, 5) is 24.4. The van der Waals surface area contributed by atoms with Crippen molar-refractivity contribution in [3.63, 3.8) is 0 Å². The largest absolute Gasteiger partial charge is 0.451 e. The zero-order chi connectivity index (χ0) is 19.1. The Hall–Kier alpha value is -3.05. The zero-order valence-electron chi connectivity index (χ0n) is 14.8. The van der Waals surface area contributed by atoms with Crippen molar-refractivity contribution in [1.82, 2.24) is 5.32 Å². The van der Waals surface area contributed by atoms with E-state index in [4.69, 9.17) is 20.4 Å². The second-order valence-electron chi connectivity index (χ2n) is 6.52. The highest BCUT2D eigenvalue weighted by molar-refractivity contribution is 6.31. The van der Waals surface area contributed by atoms with Gasteiger partial charge in [-0.15, -0.1) is 0 Å². The van der Waals surface area contributed by atoms with Crippen LogP contribution in [0.3, 0.4) is 0 Å². The van der Waals surface area contributed by atoms with Gasteiger partial charge in [-0.2, -0.15) is 0 Å². The molecule has 1 N–H and O–H groups in total. The van der Waals surface area contributed by atoms with Gasteiger partial charge in [0.2, 0.25) is 0 Å². The number of fused-ring (bicyclic) bond motifs is 2. The van der Waals surface area contributed by atoms with Gasteiger partial charge in [0.15, 0.2) is 5.76 Å². The van der Waals surface area contributed by atoms with Crippen LogP contribution in [0, 0.1) is 13.8 Å². The molecule has 0 saturated carbocycles. The number of carbonyl (C=O) groups is 1. The van der Waals surface area contributed by atoms with Crippen LogP contribution in [0.2, 0.25) is 5.02 Å². The SMILES string of the molecule is Cc1cc(C)c2c(CNC(=O)c3cc4cc(Cl)ccc4o3)cc(=O)oc2c1. The fourth-order valence-corrected chi connectivity index (χ4v) is 3.48. The molecule has 6 heteroatoms. The molecule has 2 aromatic carbocycles. The third kappa shape index (κ3) is 3.34. The van der Waals surface area contributed by atoms with Gasteiger partial charge >= 0.3 is 5.63 Å². The molecule has 0 aliphatic heterocycles. The van der Waals surface area contributed by atoms with Crippen LogP contribution in [0.5, 0.6) is 0 Å². The lowest BCUT2D eigenvalue weighted by atomic mass is 10.0. The van der Waals surface area contributed by atoms with Crippen LogP contribution in [-0.4, -0.2) is 5.91 Å². The summed E-state index contributed by atoms with van der Waals surface area (Å²) in [6, 6.07) is 12.0. The van der Waals surface area contributed by atoms with Crippen molar-refractivity contribution < 1.29 is 13.6 Å². The lowest BCUT2D eigenvalue weighted by Gasteiger charge is -2.09. The van der Waals surface area contributed by atoms with Gasteiger partial charge in [0.1, 0.15) is 11.2 Å². The van der Waals surface area contributed by atoms with Crippen molar-refractivity contribution in [2.24, 2.45) is 0 Å². The molecule has 2 heterocycles. The third-order valence-electron chi connectivity index (χ3n) is 4.41. The summed E-state index contributed by atoms with van der Waals surface area (Å²) in [5.41, 5.74) is 3.34. The lowest BCUT2D eigenvalue weighted by molar-refractivity contribution is 0.0925. The molecular weight excluding hydrogens is 366 g/mol. The average molecular weight is 382 g/mol. The molecule has 0 bridgehead atoms. The van der Waals surface area contributed by atoms with Gasteiger partial charge in [-0.3, -0.25) is 4.79 Å². The highest BCUT2D eigenvalue weighted by Gasteiger charge is 2.14. The number of hydrogen-bond acceptors (Lipinski definition) is 4. The Kier molecular flexibility index (Phi) is 4.24. The van der Waals surface area contributed by atoms with Gasteiger partial charge < -0.3 is 14.2 Å². The Bertz CT molecular complexity index is 1250. The van der Waals surface area contributed by atoms with E-state index in [2.05, 4.69) is 5.32 Å². The van der Waals surface area contributed by atoms with Gasteiger partial charge in [-0.25, -0.2) is 4.79 Å². The molecule has 0 radical (unpaired) electrons. The Morgan fingerprint density at radius 1 is 1.04 bits per heavy atom. The van der Waals surface area contributed by atoms with E-state index >= 15 is 0 Å². The minimum atomic E-state index is -0.449. The van der Waals surface area contributed by atoms with E-state index in [9.17, 15) is 9.59 Å². The second-order valence-corrected chi connectivity index (χ2v) is 6.96. The predicted octanol–water partition coefficient (Wildman–Crippen LogP) is 4.74. The Labute approximate surface area is 159 Å². The molecular formula is C21H16ClNO4. The summed E-state index contributed by atoms with van der Waals surface area (Å²) in [6.45, 7) is 4.07. The molecule has 5 nitrogen and oxygen atoms in total. The number of rotatable bonds is 3. The maximum atomic E-state index is 12.5. The maximum Gasteiger partial charge on any atom is 0.336 e. The molecule has 0 unspecified atom stereocenters. The van der Waals surface area contributed by atoms with Crippen LogP contribution in [0.4, 0.5) is 0 Å². The quantitative estimate of drug-likeness (QED) is 0.520. The maximum absolute atomic E-state index is 12.5. The Balaban J connectivity index is 1.64. The minimum absolute atomic E-state index is 0.183. The first-order chi connectivity index (χ1) is 12.9. The molecule has 0 spiro atoms. The third-order valence-corrected chi connectivity index (χ3v) is 4.64. The minimum Gasteiger partial charge on any atom is -0.451 e. The van der Waals surface area contributed by atoms with Crippen molar-refractivity contribution in [1.29, 1.82) is 0 Å². The number of benzene rings is 2. The first-order valence-corrected chi connectivity index (χ1v) is 8.80. The van der Waals surface area contributed by atoms with Crippen molar-refractivity contribution in [3.05, 3.63) is 80.4 Å². The van der Waals surface area contributed by atoms with E-state index < -0.39 is 5.63 Å². The molecule has 0 saturated heterocycles. The van der Waals surface area contributed by atoms with E-state index in [1.807, 2.05) is 26.0 Å². The van der Waals surface area contributed by atoms with Gasteiger partial charge in [-0.05, 0) is 60.9 Å². The molecule has 4 aromatic rings. The van der Waals surface area contributed by atoms with Crippen molar-refractivity contribution >= 4 is 39.4 Å². The normalized spacial score (nSPS) is 11.2. The second kappa shape index (κ2) is 6.59. The number of hydrogen-bond donors (Lipinski definition) is 1. The van der Waals surface area contributed by atoms with E-state index in [0.29, 0.717) is 21.8 Å². The highest BCUT2D eigenvalue weighted by Crippen LogP contribution is 2.24. The summed E-state index contributed by atoms with van der Waals surface area (Å²) in [5, 5.41) is 4.96. The molecule has 136 valence electrons. The molecule has 0 aliphatic rings. The fourth-order valence-electron chi connectivity index (χ4n) is 3.30. The van der Waals surface area contributed by atoms with E-state index in [1.165, 1.54) is 6.07 Å². The van der Waals surface area contributed by atoms with E-state index in [-0.39, 0.29) is 18.2 Å². The number of nitrogens with one attached hydrogen (secondary N) is 1. The molecule has 27 heavy (non-hydrogen) atoms. The lowest BCUT2D eigenvalue weighted by Crippen LogP contribution is -2.23. The van der Waals surface area contributed by atoms with E-state index in [0.717, 1.165) is 21.9 Å². The van der Waals surface area contributed by atoms with Crippen LogP contribution in [0.1, 0.15) is 27.2 Å². The summed E-state index contributed by atoms with van der Waals surface area (Å²) in [7, 11) is 0. The van der Waals surface area contributed by atoms with Gasteiger partial charge in [-0.1, -0.05) is 17.7 Å². The van der Waals surface area contributed by atoms with Crippen LogP contribution in [0.25, 0.3) is 21.9 Å².